The molecule has 0 radical (unpaired) electrons. The Hall–Kier alpha value is -0.160. The maximum atomic E-state index is 6.11. The molecule has 1 atom stereocenters. The summed E-state index contributed by atoms with van der Waals surface area (Å²) in [6.45, 7) is 7.41. The predicted octanol–water partition coefficient (Wildman–Crippen LogP) is 0.620. The number of hydrogen-bond donors (Lipinski definition) is 1. The summed E-state index contributed by atoms with van der Waals surface area (Å²) in [6, 6.07) is 0.740. The SMILES string of the molecule is C1CN(C2CCOC3(CCOCC3)C2)CCN1. The van der Waals surface area contributed by atoms with Gasteiger partial charge in [-0.3, -0.25) is 4.90 Å². The average molecular weight is 240 g/mol. The van der Waals surface area contributed by atoms with Crippen LogP contribution in [0.3, 0.4) is 0 Å². The van der Waals surface area contributed by atoms with E-state index in [4.69, 9.17) is 9.47 Å². The molecule has 4 nitrogen and oxygen atoms in total. The second-order valence-electron chi connectivity index (χ2n) is 5.58. The molecule has 1 unspecified atom stereocenters. The minimum Gasteiger partial charge on any atom is -0.381 e. The zero-order valence-corrected chi connectivity index (χ0v) is 10.6. The van der Waals surface area contributed by atoms with Crippen LogP contribution in [0.5, 0.6) is 0 Å². The Bertz CT molecular complexity index is 242. The molecular weight excluding hydrogens is 216 g/mol. The maximum Gasteiger partial charge on any atom is 0.0741 e. The van der Waals surface area contributed by atoms with Gasteiger partial charge >= 0.3 is 0 Å². The van der Waals surface area contributed by atoms with Gasteiger partial charge in [0.05, 0.1) is 5.60 Å². The third kappa shape index (κ3) is 2.65. The standard InChI is InChI=1S/C13H24N2O2/c1-8-17-13(2-9-16-10-3-13)11-12(1)15-6-4-14-5-7-15/h12,14H,1-11H2. The lowest BCUT2D eigenvalue weighted by Crippen LogP contribution is -2.55. The van der Waals surface area contributed by atoms with Crippen LogP contribution in [0.2, 0.25) is 0 Å². The van der Waals surface area contributed by atoms with Gasteiger partial charge in [-0.05, 0) is 25.7 Å². The highest BCUT2D eigenvalue weighted by Gasteiger charge is 2.40. The first-order chi connectivity index (χ1) is 8.38. The number of ether oxygens (including phenoxy) is 2. The average Bonchev–Trinajstić information content (AvgIpc) is 2.41. The van der Waals surface area contributed by atoms with E-state index in [1.54, 1.807) is 0 Å². The Kier molecular flexibility index (Phi) is 3.66. The Morgan fingerprint density at radius 3 is 2.59 bits per heavy atom. The molecule has 0 aromatic carbocycles. The van der Waals surface area contributed by atoms with Crippen LogP contribution in [0.1, 0.15) is 25.7 Å². The van der Waals surface area contributed by atoms with E-state index in [-0.39, 0.29) is 5.60 Å². The van der Waals surface area contributed by atoms with Crippen molar-refractivity contribution >= 4 is 0 Å². The molecule has 1 spiro atoms. The van der Waals surface area contributed by atoms with Crippen LogP contribution in [0, 0.1) is 0 Å². The molecule has 17 heavy (non-hydrogen) atoms. The van der Waals surface area contributed by atoms with E-state index in [1.807, 2.05) is 0 Å². The van der Waals surface area contributed by atoms with Gasteiger partial charge in [-0.2, -0.15) is 0 Å². The quantitative estimate of drug-likeness (QED) is 0.728. The highest BCUT2D eigenvalue weighted by atomic mass is 16.5. The fourth-order valence-corrected chi connectivity index (χ4v) is 3.45. The molecule has 3 aliphatic heterocycles. The minimum absolute atomic E-state index is 0.145. The first-order valence-electron chi connectivity index (χ1n) is 7.05. The van der Waals surface area contributed by atoms with Crippen LogP contribution in [-0.2, 0) is 9.47 Å². The van der Waals surface area contributed by atoms with Crippen molar-refractivity contribution in [1.82, 2.24) is 10.2 Å². The number of nitrogens with zero attached hydrogens (tertiary/aromatic N) is 1. The lowest BCUT2D eigenvalue weighted by molar-refractivity contribution is -0.151. The summed E-state index contributed by atoms with van der Waals surface area (Å²) in [6.07, 6.45) is 4.62. The van der Waals surface area contributed by atoms with Crippen molar-refractivity contribution in [2.75, 3.05) is 46.0 Å². The molecule has 0 bridgehead atoms. The van der Waals surface area contributed by atoms with Gasteiger partial charge in [0.1, 0.15) is 0 Å². The van der Waals surface area contributed by atoms with Crippen molar-refractivity contribution in [3.05, 3.63) is 0 Å². The maximum absolute atomic E-state index is 6.11. The fraction of sp³-hybridized carbons (Fsp3) is 1.00. The van der Waals surface area contributed by atoms with Gasteiger partial charge in [0.2, 0.25) is 0 Å². The van der Waals surface area contributed by atoms with E-state index in [2.05, 4.69) is 10.2 Å². The highest BCUT2D eigenvalue weighted by molar-refractivity contribution is 4.93. The van der Waals surface area contributed by atoms with E-state index < -0.39 is 0 Å². The number of rotatable bonds is 1. The van der Waals surface area contributed by atoms with E-state index in [0.29, 0.717) is 0 Å². The van der Waals surface area contributed by atoms with Crippen LogP contribution in [0.15, 0.2) is 0 Å². The second kappa shape index (κ2) is 5.22. The van der Waals surface area contributed by atoms with Crippen LogP contribution in [0.4, 0.5) is 0 Å². The van der Waals surface area contributed by atoms with E-state index in [0.717, 1.165) is 51.8 Å². The zero-order valence-electron chi connectivity index (χ0n) is 10.6. The van der Waals surface area contributed by atoms with Gasteiger partial charge in [0.25, 0.3) is 0 Å². The summed E-state index contributed by atoms with van der Waals surface area (Å²) in [5.74, 6) is 0. The second-order valence-corrected chi connectivity index (χ2v) is 5.58. The first-order valence-corrected chi connectivity index (χ1v) is 7.05. The fourth-order valence-electron chi connectivity index (χ4n) is 3.45. The summed E-state index contributed by atoms with van der Waals surface area (Å²) >= 11 is 0. The summed E-state index contributed by atoms with van der Waals surface area (Å²) in [4.78, 5) is 2.66. The summed E-state index contributed by atoms with van der Waals surface area (Å²) < 4.78 is 11.6. The molecule has 4 heteroatoms. The van der Waals surface area contributed by atoms with Crippen molar-refractivity contribution in [2.45, 2.75) is 37.3 Å². The molecule has 0 aliphatic carbocycles. The van der Waals surface area contributed by atoms with E-state index in [9.17, 15) is 0 Å². The van der Waals surface area contributed by atoms with Gasteiger partial charge in [-0.15, -0.1) is 0 Å². The Morgan fingerprint density at radius 1 is 1.06 bits per heavy atom. The van der Waals surface area contributed by atoms with Crippen LogP contribution in [-0.4, -0.2) is 62.5 Å². The van der Waals surface area contributed by atoms with Crippen molar-refractivity contribution in [3.63, 3.8) is 0 Å². The van der Waals surface area contributed by atoms with Crippen LogP contribution < -0.4 is 5.32 Å². The summed E-state index contributed by atoms with van der Waals surface area (Å²) in [7, 11) is 0. The lowest BCUT2D eigenvalue weighted by atomic mass is 9.83. The van der Waals surface area contributed by atoms with E-state index >= 15 is 0 Å². The molecule has 0 amide bonds. The summed E-state index contributed by atoms with van der Waals surface area (Å²) in [5, 5.41) is 3.43. The Balaban J connectivity index is 1.61. The van der Waals surface area contributed by atoms with Crippen molar-refractivity contribution < 1.29 is 9.47 Å². The number of nitrogens with one attached hydrogen (secondary N) is 1. The van der Waals surface area contributed by atoms with Crippen molar-refractivity contribution in [1.29, 1.82) is 0 Å². The number of hydrogen-bond acceptors (Lipinski definition) is 4. The molecule has 0 saturated carbocycles. The molecule has 0 aromatic heterocycles. The molecule has 3 saturated heterocycles. The van der Waals surface area contributed by atoms with Crippen LogP contribution >= 0.6 is 0 Å². The van der Waals surface area contributed by atoms with E-state index in [1.165, 1.54) is 25.9 Å². The van der Waals surface area contributed by atoms with Gasteiger partial charge in [0, 0.05) is 52.0 Å². The van der Waals surface area contributed by atoms with Gasteiger partial charge < -0.3 is 14.8 Å². The molecule has 3 aliphatic rings. The smallest absolute Gasteiger partial charge is 0.0741 e. The van der Waals surface area contributed by atoms with Gasteiger partial charge in [-0.1, -0.05) is 0 Å². The molecule has 3 heterocycles. The molecule has 1 N–H and O–H groups in total. The largest absolute Gasteiger partial charge is 0.381 e. The van der Waals surface area contributed by atoms with Crippen LogP contribution in [0.25, 0.3) is 0 Å². The molecular formula is C13H24N2O2. The third-order valence-corrected chi connectivity index (χ3v) is 4.54. The monoisotopic (exact) mass is 240 g/mol. The molecule has 98 valence electrons. The lowest BCUT2D eigenvalue weighted by Gasteiger charge is -2.47. The minimum atomic E-state index is 0.145. The summed E-state index contributed by atoms with van der Waals surface area (Å²) in [5.41, 5.74) is 0.145. The van der Waals surface area contributed by atoms with Crippen molar-refractivity contribution in [3.8, 4) is 0 Å². The highest BCUT2D eigenvalue weighted by Crippen LogP contribution is 2.36. The predicted molar refractivity (Wildman–Crippen MR) is 66.2 cm³/mol. The molecule has 0 aromatic rings. The number of piperazine rings is 1. The normalized spacial score (nSPS) is 34.9. The Morgan fingerprint density at radius 2 is 1.82 bits per heavy atom. The molecule has 3 rings (SSSR count). The topological polar surface area (TPSA) is 33.7 Å². The first kappa shape index (κ1) is 11.9. The van der Waals surface area contributed by atoms with Gasteiger partial charge in [0.15, 0.2) is 0 Å². The molecule has 3 fully saturated rings. The Labute approximate surface area is 104 Å². The zero-order chi connectivity index (χ0) is 11.6. The third-order valence-electron chi connectivity index (χ3n) is 4.54. The van der Waals surface area contributed by atoms with Crippen molar-refractivity contribution in [2.24, 2.45) is 0 Å². The van der Waals surface area contributed by atoms with Gasteiger partial charge in [-0.25, -0.2) is 0 Å².